The van der Waals surface area contributed by atoms with E-state index in [-0.39, 0.29) is 6.10 Å². The highest BCUT2D eigenvalue weighted by atomic mass is 16.5. The number of rotatable bonds is 9. The maximum absolute atomic E-state index is 5.73. The summed E-state index contributed by atoms with van der Waals surface area (Å²) in [4.78, 5) is 0. The van der Waals surface area contributed by atoms with Gasteiger partial charge >= 0.3 is 0 Å². The molecule has 0 aliphatic rings. The summed E-state index contributed by atoms with van der Waals surface area (Å²) in [5.74, 6) is 0.652. The molecule has 0 radical (unpaired) electrons. The van der Waals surface area contributed by atoms with Crippen molar-refractivity contribution in [2.75, 3.05) is 26.9 Å². The molecule has 15 heavy (non-hydrogen) atoms. The number of likely N-dealkylation sites (N-methyl/N-ethyl adjacent to an activating group) is 1. The fraction of sp³-hybridized carbons (Fsp3) is 1.00. The van der Waals surface area contributed by atoms with Gasteiger partial charge in [-0.05, 0) is 19.4 Å². The number of hydrogen-bond donors (Lipinski definition) is 1. The number of methoxy groups -OCH3 is 1. The third kappa shape index (κ3) is 6.88. The standard InChI is InChI=1S/C12H27NO2/c1-6-10(3)12(13-7-2)9-15-11(4)8-14-5/h10-13H,6-9H2,1-5H3. The Morgan fingerprint density at radius 3 is 2.27 bits per heavy atom. The first-order valence-electron chi connectivity index (χ1n) is 5.99. The highest BCUT2D eigenvalue weighted by Crippen LogP contribution is 2.09. The SMILES string of the molecule is CCNC(COC(C)COC)C(C)CC. The number of hydrogen-bond acceptors (Lipinski definition) is 3. The van der Waals surface area contributed by atoms with Crippen LogP contribution < -0.4 is 5.32 Å². The van der Waals surface area contributed by atoms with Gasteiger partial charge in [-0.3, -0.25) is 0 Å². The zero-order valence-corrected chi connectivity index (χ0v) is 10.9. The van der Waals surface area contributed by atoms with E-state index in [1.54, 1.807) is 7.11 Å². The molecule has 0 saturated heterocycles. The van der Waals surface area contributed by atoms with E-state index in [9.17, 15) is 0 Å². The van der Waals surface area contributed by atoms with Crippen molar-refractivity contribution in [3.63, 3.8) is 0 Å². The molecule has 0 saturated carbocycles. The first-order chi connectivity index (χ1) is 7.15. The smallest absolute Gasteiger partial charge is 0.0781 e. The second kappa shape index (κ2) is 9.13. The zero-order chi connectivity index (χ0) is 11.7. The quantitative estimate of drug-likeness (QED) is 0.641. The van der Waals surface area contributed by atoms with Crippen LogP contribution in [0.3, 0.4) is 0 Å². The molecule has 0 aliphatic carbocycles. The minimum atomic E-state index is 0.181. The van der Waals surface area contributed by atoms with E-state index < -0.39 is 0 Å². The molecule has 0 spiro atoms. The van der Waals surface area contributed by atoms with Crippen molar-refractivity contribution in [1.29, 1.82) is 0 Å². The Labute approximate surface area is 94.5 Å². The van der Waals surface area contributed by atoms with E-state index in [0.717, 1.165) is 13.2 Å². The van der Waals surface area contributed by atoms with Gasteiger partial charge in [-0.15, -0.1) is 0 Å². The monoisotopic (exact) mass is 217 g/mol. The van der Waals surface area contributed by atoms with Crippen molar-refractivity contribution < 1.29 is 9.47 Å². The molecular weight excluding hydrogens is 190 g/mol. The molecule has 3 atom stereocenters. The van der Waals surface area contributed by atoms with Gasteiger partial charge in [-0.25, -0.2) is 0 Å². The fourth-order valence-corrected chi connectivity index (χ4v) is 1.52. The second-order valence-electron chi connectivity index (χ2n) is 4.15. The molecule has 92 valence electrons. The van der Waals surface area contributed by atoms with Gasteiger partial charge < -0.3 is 14.8 Å². The number of nitrogens with one attached hydrogen (secondary N) is 1. The highest BCUT2D eigenvalue weighted by Gasteiger charge is 2.15. The predicted octanol–water partition coefficient (Wildman–Crippen LogP) is 2.06. The third-order valence-electron chi connectivity index (χ3n) is 2.76. The van der Waals surface area contributed by atoms with Crippen LogP contribution in [0.25, 0.3) is 0 Å². The summed E-state index contributed by atoms with van der Waals surface area (Å²) in [6.07, 6.45) is 1.36. The average Bonchev–Trinajstić information content (AvgIpc) is 2.23. The van der Waals surface area contributed by atoms with Crippen LogP contribution in [0.2, 0.25) is 0 Å². The van der Waals surface area contributed by atoms with Crippen LogP contribution in [-0.2, 0) is 9.47 Å². The van der Waals surface area contributed by atoms with Gasteiger partial charge in [0.15, 0.2) is 0 Å². The first-order valence-corrected chi connectivity index (χ1v) is 5.99. The van der Waals surface area contributed by atoms with Crippen LogP contribution in [0.4, 0.5) is 0 Å². The van der Waals surface area contributed by atoms with Gasteiger partial charge in [-0.1, -0.05) is 27.2 Å². The van der Waals surface area contributed by atoms with Crippen LogP contribution in [0.15, 0.2) is 0 Å². The number of ether oxygens (including phenoxy) is 2. The fourth-order valence-electron chi connectivity index (χ4n) is 1.52. The van der Waals surface area contributed by atoms with Crippen LogP contribution in [-0.4, -0.2) is 39.0 Å². The lowest BCUT2D eigenvalue weighted by Gasteiger charge is -2.25. The minimum Gasteiger partial charge on any atom is -0.382 e. The van der Waals surface area contributed by atoms with Gasteiger partial charge in [0.1, 0.15) is 0 Å². The van der Waals surface area contributed by atoms with E-state index in [2.05, 4.69) is 26.1 Å². The maximum atomic E-state index is 5.73. The molecule has 0 rings (SSSR count). The molecule has 3 heteroatoms. The summed E-state index contributed by atoms with van der Waals surface area (Å²) in [7, 11) is 1.70. The van der Waals surface area contributed by atoms with E-state index in [1.807, 2.05) is 6.92 Å². The summed E-state index contributed by atoms with van der Waals surface area (Å²) in [6.45, 7) is 11.1. The van der Waals surface area contributed by atoms with Crippen molar-refractivity contribution >= 4 is 0 Å². The van der Waals surface area contributed by atoms with Gasteiger partial charge in [0, 0.05) is 13.2 Å². The van der Waals surface area contributed by atoms with E-state index in [4.69, 9.17) is 9.47 Å². The Kier molecular flexibility index (Phi) is 9.06. The van der Waals surface area contributed by atoms with Crippen molar-refractivity contribution in [2.24, 2.45) is 5.92 Å². The summed E-state index contributed by atoms with van der Waals surface area (Å²) < 4.78 is 10.8. The summed E-state index contributed by atoms with van der Waals surface area (Å²) >= 11 is 0. The van der Waals surface area contributed by atoms with Gasteiger partial charge in [0.25, 0.3) is 0 Å². The van der Waals surface area contributed by atoms with Crippen LogP contribution in [0.5, 0.6) is 0 Å². The molecule has 1 N–H and O–H groups in total. The van der Waals surface area contributed by atoms with Crippen molar-refractivity contribution in [2.45, 2.75) is 46.3 Å². The van der Waals surface area contributed by atoms with E-state index in [0.29, 0.717) is 18.6 Å². The third-order valence-corrected chi connectivity index (χ3v) is 2.76. The molecule has 0 aromatic carbocycles. The highest BCUT2D eigenvalue weighted by molar-refractivity contribution is 4.71. The molecular formula is C12H27NO2. The molecule has 0 aromatic rings. The van der Waals surface area contributed by atoms with Crippen LogP contribution in [0.1, 0.15) is 34.1 Å². The van der Waals surface area contributed by atoms with Gasteiger partial charge in [-0.2, -0.15) is 0 Å². The molecule has 0 bridgehead atoms. The summed E-state index contributed by atoms with van der Waals surface area (Å²) in [5, 5.41) is 3.46. The summed E-state index contributed by atoms with van der Waals surface area (Å²) in [5.41, 5.74) is 0. The zero-order valence-electron chi connectivity index (χ0n) is 10.9. The van der Waals surface area contributed by atoms with E-state index in [1.165, 1.54) is 6.42 Å². The molecule has 0 aliphatic heterocycles. The molecule has 3 nitrogen and oxygen atoms in total. The predicted molar refractivity (Wildman–Crippen MR) is 64.2 cm³/mol. The van der Waals surface area contributed by atoms with Crippen molar-refractivity contribution in [3.8, 4) is 0 Å². The Morgan fingerprint density at radius 1 is 1.13 bits per heavy atom. The maximum Gasteiger partial charge on any atom is 0.0781 e. The lowest BCUT2D eigenvalue weighted by molar-refractivity contribution is -0.00613. The molecule has 3 unspecified atom stereocenters. The molecule has 0 fully saturated rings. The Hall–Kier alpha value is -0.120. The largest absolute Gasteiger partial charge is 0.382 e. The molecule has 0 amide bonds. The van der Waals surface area contributed by atoms with Crippen molar-refractivity contribution in [1.82, 2.24) is 5.32 Å². The minimum absolute atomic E-state index is 0.181. The Bertz CT molecular complexity index is 142. The molecule has 0 heterocycles. The Morgan fingerprint density at radius 2 is 1.80 bits per heavy atom. The van der Waals surface area contributed by atoms with Crippen LogP contribution in [0, 0.1) is 5.92 Å². The summed E-state index contributed by atoms with van der Waals surface area (Å²) in [6, 6.07) is 0.458. The van der Waals surface area contributed by atoms with Crippen LogP contribution >= 0.6 is 0 Å². The van der Waals surface area contributed by atoms with Gasteiger partial charge in [0.2, 0.25) is 0 Å². The normalized spacial score (nSPS) is 17.4. The first kappa shape index (κ1) is 14.9. The second-order valence-corrected chi connectivity index (χ2v) is 4.15. The lowest BCUT2D eigenvalue weighted by Crippen LogP contribution is -2.40. The Balaban J connectivity index is 3.84. The topological polar surface area (TPSA) is 30.5 Å². The van der Waals surface area contributed by atoms with Gasteiger partial charge in [0.05, 0.1) is 19.3 Å². The van der Waals surface area contributed by atoms with Crippen molar-refractivity contribution in [3.05, 3.63) is 0 Å². The molecule has 0 aromatic heterocycles. The average molecular weight is 217 g/mol. The lowest BCUT2D eigenvalue weighted by atomic mass is 10.00. The van der Waals surface area contributed by atoms with E-state index >= 15 is 0 Å².